The highest BCUT2D eigenvalue weighted by Gasteiger charge is 2.19. The van der Waals surface area contributed by atoms with Crippen LogP contribution in [0.5, 0.6) is 0 Å². The van der Waals surface area contributed by atoms with Crippen molar-refractivity contribution in [3.8, 4) is 0 Å². The van der Waals surface area contributed by atoms with E-state index in [0.29, 0.717) is 18.6 Å². The van der Waals surface area contributed by atoms with E-state index in [1.165, 1.54) is 31.2 Å². The Balaban J connectivity index is 1.71. The lowest BCUT2D eigenvalue weighted by Crippen LogP contribution is -2.33. The Kier molecular flexibility index (Phi) is 4.02. The third-order valence-electron chi connectivity index (χ3n) is 3.59. The van der Waals surface area contributed by atoms with Crippen LogP contribution >= 0.6 is 0 Å². The summed E-state index contributed by atoms with van der Waals surface area (Å²) in [6.07, 6.45) is 8.99. The molecule has 0 spiro atoms. The number of aromatic nitrogens is 1. The molecule has 0 bridgehead atoms. The zero-order chi connectivity index (χ0) is 11.4. The molecule has 1 aliphatic rings. The van der Waals surface area contributed by atoms with E-state index in [-0.39, 0.29) is 0 Å². The molecule has 1 aromatic heterocycles. The molecule has 3 nitrogen and oxygen atoms in total. The molecule has 0 saturated heterocycles. The van der Waals surface area contributed by atoms with Crippen LogP contribution in [-0.4, -0.2) is 22.3 Å². The molecule has 2 N–H and O–H groups in total. The molecule has 90 valence electrons. The molecule has 1 fully saturated rings. The second kappa shape index (κ2) is 5.51. The van der Waals surface area contributed by atoms with Gasteiger partial charge in [-0.25, -0.2) is 0 Å². The summed E-state index contributed by atoms with van der Waals surface area (Å²) in [5.41, 5.74) is 1.35. The van der Waals surface area contributed by atoms with Gasteiger partial charge in [-0.1, -0.05) is 0 Å². The Morgan fingerprint density at radius 2 is 2.12 bits per heavy atom. The first kappa shape index (κ1) is 11.7. The average molecular weight is 222 g/mol. The summed E-state index contributed by atoms with van der Waals surface area (Å²) in [6.45, 7) is 1.33. The van der Waals surface area contributed by atoms with Crippen LogP contribution in [0.3, 0.4) is 0 Å². The van der Waals surface area contributed by atoms with Crippen molar-refractivity contribution in [3.63, 3.8) is 0 Å². The average Bonchev–Trinajstić information content (AvgIpc) is 2.73. The number of aliphatic hydroxyl groups excluding tert-OH is 1. The van der Waals surface area contributed by atoms with Gasteiger partial charge < -0.3 is 15.0 Å². The van der Waals surface area contributed by atoms with E-state index >= 15 is 0 Å². The van der Waals surface area contributed by atoms with Gasteiger partial charge in [0.25, 0.3) is 0 Å². The smallest absolute Gasteiger partial charge is 0.0459 e. The SMILES string of the molecule is Cn1ccc(CNC2CCC(CO)CC2)c1. The summed E-state index contributed by atoms with van der Waals surface area (Å²) in [6, 6.07) is 2.80. The van der Waals surface area contributed by atoms with Crippen molar-refractivity contribution < 1.29 is 5.11 Å². The number of aliphatic hydroxyl groups is 1. The van der Waals surface area contributed by atoms with Gasteiger partial charge in [-0.3, -0.25) is 0 Å². The van der Waals surface area contributed by atoms with E-state index in [9.17, 15) is 0 Å². The molecule has 1 aliphatic carbocycles. The molecule has 2 rings (SSSR count). The third kappa shape index (κ3) is 3.09. The van der Waals surface area contributed by atoms with Crippen LogP contribution in [0, 0.1) is 5.92 Å². The van der Waals surface area contributed by atoms with Crippen LogP contribution in [0.1, 0.15) is 31.2 Å². The minimum Gasteiger partial charge on any atom is -0.396 e. The molecule has 16 heavy (non-hydrogen) atoms. The van der Waals surface area contributed by atoms with Gasteiger partial charge in [-0.2, -0.15) is 0 Å². The summed E-state index contributed by atoms with van der Waals surface area (Å²) in [5.74, 6) is 0.551. The molecule has 0 atom stereocenters. The predicted molar refractivity (Wildman–Crippen MR) is 65.1 cm³/mol. The van der Waals surface area contributed by atoms with Gasteiger partial charge in [0.2, 0.25) is 0 Å². The Bertz CT molecular complexity index is 313. The topological polar surface area (TPSA) is 37.2 Å². The molecule has 0 radical (unpaired) electrons. The van der Waals surface area contributed by atoms with Gasteiger partial charge >= 0.3 is 0 Å². The van der Waals surface area contributed by atoms with Gasteiger partial charge in [0.15, 0.2) is 0 Å². The largest absolute Gasteiger partial charge is 0.396 e. The number of hydrogen-bond donors (Lipinski definition) is 2. The van der Waals surface area contributed by atoms with Crippen LogP contribution in [0.15, 0.2) is 18.5 Å². The van der Waals surface area contributed by atoms with Gasteiger partial charge in [0.05, 0.1) is 0 Å². The van der Waals surface area contributed by atoms with E-state index in [0.717, 1.165) is 6.54 Å². The fraction of sp³-hybridized carbons (Fsp3) is 0.692. The quantitative estimate of drug-likeness (QED) is 0.813. The van der Waals surface area contributed by atoms with Gasteiger partial charge in [0.1, 0.15) is 0 Å². The predicted octanol–water partition coefficient (Wildman–Crippen LogP) is 1.67. The molecular weight excluding hydrogens is 200 g/mol. The van der Waals surface area contributed by atoms with Crippen LogP contribution in [-0.2, 0) is 13.6 Å². The van der Waals surface area contributed by atoms with E-state index in [2.05, 4.69) is 35.4 Å². The normalized spacial score (nSPS) is 25.9. The van der Waals surface area contributed by atoms with E-state index in [1.807, 2.05) is 0 Å². The van der Waals surface area contributed by atoms with Crippen LogP contribution in [0.4, 0.5) is 0 Å². The zero-order valence-electron chi connectivity index (χ0n) is 10.0. The maximum Gasteiger partial charge on any atom is 0.0459 e. The number of rotatable bonds is 4. The molecule has 0 amide bonds. The molecule has 0 aromatic carbocycles. The third-order valence-corrected chi connectivity index (χ3v) is 3.59. The molecule has 3 heteroatoms. The molecule has 0 aliphatic heterocycles. The molecule has 1 aromatic rings. The Morgan fingerprint density at radius 1 is 1.38 bits per heavy atom. The number of nitrogens with zero attached hydrogens (tertiary/aromatic N) is 1. The minimum absolute atomic E-state index is 0.366. The first-order valence-electron chi connectivity index (χ1n) is 6.23. The maximum absolute atomic E-state index is 9.06. The van der Waals surface area contributed by atoms with Crippen molar-refractivity contribution in [2.75, 3.05) is 6.61 Å². The summed E-state index contributed by atoms with van der Waals surface area (Å²) < 4.78 is 2.08. The summed E-state index contributed by atoms with van der Waals surface area (Å²) in [4.78, 5) is 0. The summed E-state index contributed by atoms with van der Waals surface area (Å²) in [5, 5.41) is 12.7. The molecule has 1 saturated carbocycles. The van der Waals surface area contributed by atoms with Crippen molar-refractivity contribution in [2.45, 2.75) is 38.3 Å². The summed E-state index contributed by atoms with van der Waals surface area (Å²) in [7, 11) is 2.05. The molecule has 1 heterocycles. The Hall–Kier alpha value is -0.800. The fourth-order valence-electron chi connectivity index (χ4n) is 2.48. The highest BCUT2D eigenvalue weighted by Crippen LogP contribution is 2.23. The van der Waals surface area contributed by atoms with Gasteiger partial charge in [-0.15, -0.1) is 0 Å². The summed E-state index contributed by atoms with van der Waals surface area (Å²) >= 11 is 0. The lowest BCUT2D eigenvalue weighted by molar-refractivity contribution is 0.175. The zero-order valence-corrected chi connectivity index (χ0v) is 10.0. The van der Waals surface area contributed by atoms with Gasteiger partial charge in [-0.05, 0) is 43.2 Å². The van der Waals surface area contributed by atoms with Crippen molar-refractivity contribution in [1.29, 1.82) is 0 Å². The monoisotopic (exact) mass is 222 g/mol. The molecule has 0 unspecified atom stereocenters. The maximum atomic E-state index is 9.06. The highest BCUT2D eigenvalue weighted by molar-refractivity contribution is 5.09. The first-order chi connectivity index (χ1) is 7.78. The Labute approximate surface area is 97.5 Å². The Morgan fingerprint density at radius 3 is 2.69 bits per heavy atom. The van der Waals surface area contributed by atoms with Crippen LogP contribution in [0.2, 0.25) is 0 Å². The number of nitrogens with one attached hydrogen (secondary N) is 1. The fourth-order valence-corrected chi connectivity index (χ4v) is 2.48. The number of hydrogen-bond acceptors (Lipinski definition) is 2. The van der Waals surface area contributed by atoms with E-state index in [4.69, 9.17) is 5.11 Å². The second-order valence-corrected chi connectivity index (χ2v) is 4.97. The van der Waals surface area contributed by atoms with Gasteiger partial charge in [0, 0.05) is 38.6 Å². The first-order valence-corrected chi connectivity index (χ1v) is 6.23. The van der Waals surface area contributed by atoms with Crippen molar-refractivity contribution in [1.82, 2.24) is 9.88 Å². The highest BCUT2D eigenvalue weighted by atomic mass is 16.3. The molecular formula is C13H22N2O. The lowest BCUT2D eigenvalue weighted by Gasteiger charge is -2.27. The van der Waals surface area contributed by atoms with E-state index < -0.39 is 0 Å². The van der Waals surface area contributed by atoms with Crippen LogP contribution in [0.25, 0.3) is 0 Å². The minimum atomic E-state index is 0.366. The lowest BCUT2D eigenvalue weighted by atomic mass is 9.86. The standard InChI is InChI=1S/C13H22N2O/c1-15-7-6-12(9-15)8-14-13-4-2-11(10-16)3-5-13/h6-7,9,11,13-14,16H,2-5,8,10H2,1H3. The van der Waals surface area contributed by atoms with Crippen molar-refractivity contribution in [3.05, 3.63) is 24.0 Å². The number of aryl methyl sites for hydroxylation is 1. The van der Waals surface area contributed by atoms with Crippen molar-refractivity contribution >= 4 is 0 Å². The second-order valence-electron chi connectivity index (χ2n) is 4.97. The van der Waals surface area contributed by atoms with Crippen LogP contribution < -0.4 is 5.32 Å². The van der Waals surface area contributed by atoms with Crippen molar-refractivity contribution in [2.24, 2.45) is 13.0 Å². The van der Waals surface area contributed by atoms with E-state index in [1.54, 1.807) is 0 Å².